The molecule has 0 aliphatic heterocycles. The van der Waals surface area contributed by atoms with Crippen LogP contribution in [0, 0.1) is 18.6 Å². The van der Waals surface area contributed by atoms with Crippen molar-refractivity contribution >= 4 is 52.6 Å². The zero-order chi connectivity index (χ0) is 28.8. The molecule has 0 unspecified atom stereocenters. The standard InChI is InChI=1S/C28H29F2N7O3/c1-15-23(14-33-37-26-19-12-17(29)7-9-21(19)36-28(26)40)34-16(2)25(15)27(39)32-11-5-3-4-6-24(38)35-22-10-8-18(30)13-20(22)31/h7-10,12-14,34,36,40H,1,3-6,11,31H2,2H3,(H,32,39)(H,35,38). The Morgan fingerprint density at radius 1 is 1.10 bits per heavy atom. The smallest absolute Gasteiger partial charge is 0.253 e. The molecule has 2 aromatic carbocycles. The number of H-pyrrole nitrogens is 2. The molecule has 10 nitrogen and oxygen atoms in total. The fourth-order valence-corrected chi connectivity index (χ4v) is 4.24. The maximum absolute atomic E-state index is 13.6. The normalized spacial score (nSPS) is 11.9. The maximum atomic E-state index is 13.6. The lowest BCUT2D eigenvalue weighted by atomic mass is 10.1. The molecular weight excluding hydrogens is 520 g/mol. The highest BCUT2D eigenvalue weighted by molar-refractivity contribution is 5.96. The molecule has 7 N–H and O–H groups in total. The van der Waals surface area contributed by atoms with Gasteiger partial charge in [-0.2, -0.15) is 5.11 Å². The fraction of sp³-hybridized carbons (Fsp3) is 0.214. The van der Waals surface area contributed by atoms with Gasteiger partial charge in [-0.3, -0.25) is 9.59 Å². The van der Waals surface area contributed by atoms with Crippen LogP contribution in [0.2, 0.25) is 0 Å². The third kappa shape index (κ3) is 6.52. The lowest BCUT2D eigenvalue weighted by Gasteiger charge is -2.08. The Hall–Kier alpha value is -5.00. The summed E-state index contributed by atoms with van der Waals surface area (Å²) in [6.07, 6.45) is 3.61. The number of azo groups is 1. The van der Waals surface area contributed by atoms with Gasteiger partial charge in [0.15, 0.2) is 5.69 Å². The zero-order valence-electron chi connectivity index (χ0n) is 21.8. The summed E-state index contributed by atoms with van der Waals surface area (Å²) < 4.78 is 26.7. The van der Waals surface area contributed by atoms with Crippen molar-refractivity contribution in [1.29, 1.82) is 0 Å². The number of rotatable bonds is 10. The van der Waals surface area contributed by atoms with Gasteiger partial charge < -0.3 is 31.4 Å². The van der Waals surface area contributed by atoms with Gasteiger partial charge in [-0.05, 0) is 56.2 Å². The van der Waals surface area contributed by atoms with Crippen LogP contribution >= 0.6 is 0 Å². The first-order valence-electron chi connectivity index (χ1n) is 12.6. The largest absolute Gasteiger partial charge is 0.493 e. The van der Waals surface area contributed by atoms with Gasteiger partial charge in [-0.25, -0.2) is 8.78 Å². The summed E-state index contributed by atoms with van der Waals surface area (Å²) in [7, 11) is 0. The summed E-state index contributed by atoms with van der Waals surface area (Å²) in [5.41, 5.74) is 7.82. The van der Waals surface area contributed by atoms with Crippen LogP contribution in [0.25, 0.3) is 23.7 Å². The average Bonchev–Trinajstić information content (AvgIpc) is 3.36. The van der Waals surface area contributed by atoms with E-state index in [1.54, 1.807) is 6.92 Å². The molecule has 0 aliphatic carbocycles. The van der Waals surface area contributed by atoms with Gasteiger partial charge in [0.2, 0.25) is 11.8 Å². The molecule has 0 bridgehead atoms. The highest BCUT2D eigenvalue weighted by atomic mass is 19.1. The molecule has 0 radical (unpaired) electrons. The van der Waals surface area contributed by atoms with Gasteiger partial charge in [0.05, 0.1) is 34.0 Å². The Labute approximate surface area is 227 Å². The number of aromatic amines is 2. The van der Waals surface area contributed by atoms with Gasteiger partial charge in [0, 0.05) is 29.3 Å². The Kier molecular flexibility index (Phi) is 8.57. The topological polar surface area (TPSA) is 161 Å². The van der Waals surface area contributed by atoms with Gasteiger partial charge in [-0.1, -0.05) is 13.0 Å². The molecule has 0 saturated heterocycles. The van der Waals surface area contributed by atoms with Gasteiger partial charge >= 0.3 is 0 Å². The molecule has 4 aromatic rings. The number of aromatic nitrogens is 2. The van der Waals surface area contributed by atoms with Crippen LogP contribution in [0.5, 0.6) is 5.88 Å². The number of nitrogens with two attached hydrogens (primary N) is 1. The summed E-state index contributed by atoms with van der Waals surface area (Å²) in [5, 5.41) is 24.9. The van der Waals surface area contributed by atoms with E-state index in [9.17, 15) is 23.5 Å². The first kappa shape index (κ1) is 28.0. The van der Waals surface area contributed by atoms with Crippen LogP contribution in [0.4, 0.5) is 25.8 Å². The zero-order valence-corrected chi connectivity index (χ0v) is 21.8. The number of aryl methyl sites for hydroxylation is 1. The van der Waals surface area contributed by atoms with Crippen molar-refractivity contribution in [2.24, 2.45) is 10.2 Å². The Morgan fingerprint density at radius 2 is 1.85 bits per heavy atom. The number of anilines is 2. The third-order valence-electron chi connectivity index (χ3n) is 6.26. The van der Waals surface area contributed by atoms with E-state index >= 15 is 0 Å². The van der Waals surface area contributed by atoms with E-state index in [4.69, 9.17) is 5.73 Å². The number of hydrogen-bond donors (Lipinski definition) is 6. The molecule has 208 valence electrons. The van der Waals surface area contributed by atoms with Crippen LogP contribution in [0.3, 0.4) is 0 Å². The molecule has 0 atom stereocenters. The number of halogens is 2. The molecule has 0 fully saturated rings. The van der Waals surface area contributed by atoms with Crippen molar-refractivity contribution < 1.29 is 23.5 Å². The van der Waals surface area contributed by atoms with Crippen molar-refractivity contribution in [2.45, 2.75) is 32.6 Å². The SMILES string of the molecule is C=c1c(C(=O)NCCCCCC(=O)Nc2ccc(F)cc2N)c(C)[nH]c1=CN=Nc1c(O)[nH]c2ccc(F)cc12. The van der Waals surface area contributed by atoms with E-state index in [1.165, 1.54) is 36.5 Å². The second kappa shape index (κ2) is 12.2. The van der Waals surface area contributed by atoms with Crippen molar-refractivity contribution in [2.75, 3.05) is 17.6 Å². The number of benzene rings is 2. The minimum atomic E-state index is -0.473. The molecule has 0 spiro atoms. The second-order valence-electron chi connectivity index (χ2n) is 9.22. The number of nitrogens with one attached hydrogen (secondary N) is 4. The number of carbonyl (C=O) groups is 2. The van der Waals surface area contributed by atoms with Crippen molar-refractivity contribution in [3.63, 3.8) is 0 Å². The van der Waals surface area contributed by atoms with Gasteiger partial charge in [0.1, 0.15) is 11.6 Å². The Morgan fingerprint density at radius 3 is 2.62 bits per heavy atom. The van der Waals surface area contributed by atoms with E-state index in [1.807, 2.05) is 0 Å². The Balaban J connectivity index is 1.28. The average molecular weight is 550 g/mol. The lowest BCUT2D eigenvalue weighted by molar-refractivity contribution is -0.116. The highest BCUT2D eigenvalue weighted by Gasteiger charge is 2.14. The van der Waals surface area contributed by atoms with Crippen molar-refractivity contribution in [1.82, 2.24) is 15.3 Å². The molecule has 2 aromatic heterocycles. The number of nitrogens with zero attached hydrogens (tertiary/aromatic N) is 2. The van der Waals surface area contributed by atoms with E-state index in [0.717, 1.165) is 6.07 Å². The van der Waals surface area contributed by atoms with Crippen LogP contribution in [0.1, 0.15) is 41.7 Å². The predicted octanol–water partition coefficient (Wildman–Crippen LogP) is 4.23. The maximum Gasteiger partial charge on any atom is 0.253 e. The second-order valence-corrected chi connectivity index (χ2v) is 9.22. The molecule has 12 heteroatoms. The number of carbonyl (C=O) groups excluding carboxylic acids is 2. The molecule has 2 heterocycles. The first-order chi connectivity index (χ1) is 19.1. The molecule has 40 heavy (non-hydrogen) atoms. The summed E-state index contributed by atoms with van der Waals surface area (Å²) >= 11 is 0. The van der Waals surface area contributed by atoms with Crippen LogP contribution in [0.15, 0.2) is 46.6 Å². The van der Waals surface area contributed by atoms with Crippen molar-refractivity contribution in [3.8, 4) is 5.88 Å². The monoisotopic (exact) mass is 549 g/mol. The molecule has 0 aliphatic rings. The highest BCUT2D eigenvalue weighted by Crippen LogP contribution is 2.35. The van der Waals surface area contributed by atoms with Crippen LogP contribution < -0.4 is 26.9 Å². The van der Waals surface area contributed by atoms with E-state index in [0.29, 0.717) is 64.2 Å². The van der Waals surface area contributed by atoms with Crippen LogP contribution in [-0.4, -0.2) is 33.4 Å². The van der Waals surface area contributed by atoms with E-state index in [2.05, 4.69) is 37.4 Å². The minimum absolute atomic E-state index is 0.0923. The number of fused-ring (bicyclic) bond motifs is 1. The predicted molar refractivity (Wildman–Crippen MR) is 149 cm³/mol. The minimum Gasteiger partial charge on any atom is -0.493 e. The quantitative estimate of drug-likeness (QED) is 0.0992. The summed E-state index contributed by atoms with van der Waals surface area (Å²) in [6, 6.07) is 7.79. The number of amides is 2. The summed E-state index contributed by atoms with van der Waals surface area (Å²) in [4.78, 5) is 30.6. The summed E-state index contributed by atoms with van der Waals surface area (Å²) in [5.74, 6) is -1.71. The first-order valence-corrected chi connectivity index (χ1v) is 12.6. The molecule has 4 rings (SSSR count). The molecule has 2 amide bonds. The summed E-state index contributed by atoms with van der Waals surface area (Å²) in [6.45, 7) is 6.12. The Bertz CT molecular complexity index is 1710. The number of nitrogen functional groups attached to an aromatic ring is 1. The number of aromatic hydroxyl groups is 1. The van der Waals surface area contributed by atoms with Gasteiger partial charge in [-0.15, -0.1) is 5.11 Å². The fourth-order valence-electron chi connectivity index (χ4n) is 4.24. The lowest BCUT2D eigenvalue weighted by Crippen LogP contribution is -2.32. The molecular formula is C28H29F2N7O3. The van der Waals surface area contributed by atoms with E-state index in [-0.39, 0.29) is 35.5 Å². The van der Waals surface area contributed by atoms with Crippen molar-refractivity contribution in [3.05, 3.63) is 69.9 Å². The number of hydrogen-bond acceptors (Lipinski definition) is 6. The molecule has 0 saturated carbocycles. The van der Waals surface area contributed by atoms with Gasteiger partial charge in [0.25, 0.3) is 5.91 Å². The third-order valence-corrected chi connectivity index (χ3v) is 6.26. The van der Waals surface area contributed by atoms with E-state index < -0.39 is 11.6 Å². The number of unbranched alkanes of at least 4 members (excludes halogenated alkanes) is 2. The van der Waals surface area contributed by atoms with Crippen LogP contribution in [-0.2, 0) is 4.79 Å².